The normalized spacial score (nSPS) is 14.5. The minimum Gasteiger partial charge on any atom is -0.494 e. The third-order valence-electron chi connectivity index (χ3n) is 5.45. The maximum atomic E-state index is 14.3. The highest BCUT2D eigenvalue weighted by atomic mass is 32.1. The quantitative estimate of drug-likeness (QED) is 0.364. The van der Waals surface area contributed by atoms with E-state index in [1.54, 1.807) is 18.3 Å². The Hall–Kier alpha value is -3.30. The Bertz CT molecular complexity index is 1330. The maximum Gasteiger partial charge on any atom is 0.339 e. The predicted molar refractivity (Wildman–Crippen MR) is 124 cm³/mol. The summed E-state index contributed by atoms with van der Waals surface area (Å²) in [5.41, 5.74) is 3.51. The zero-order chi connectivity index (χ0) is 22.4. The van der Waals surface area contributed by atoms with Gasteiger partial charge in [0, 0.05) is 22.2 Å². The van der Waals surface area contributed by atoms with Crippen LogP contribution in [0.2, 0.25) is 0 Å². The van der Waals surface area contributed by atoms with Crippen LogP contribution in [0.25, 0.3) is 20.9 Å². The largest absolute Gasteiger partial charge is 0.494 e. The number of methoxy groups -OCH3 is 1. The van der Waals surface area contributed by atoms with Crippen molar-refractivity contribution < 1.29 is 19.0 Å². The molecule has 0 radical (unpaired) electrons. The van der Waals surface area contributed by atoms with Gasteiger partial charge in [-0.05, 0) is 47.5 Å². The van der Waals surface area contributed by atoms with E-state index in [0.717, 1.165) is 32.1 Å². The SMILES string of the molecule is COc1cc2c(cc1F)C(C)Cc1nc(Nc3ncc(-c4cccs4)cc3C(=O)O)sc1-2. The smallest absolute Gasteiger partial charge is 0.339 e. The van der Waals surface area contributed by atoms with Gasteiger partial charge in [0.2, 0.25) is 0 Å². The van der Waals surface area contributed by atoms with Crippen LogP contribution in [0.5, 0.6) is 5.75 Å². The number of pyridine rings is 1. The Morgan fingerprint density at radius 3 is 2.91 bits per heavy atom. The van der Waals surface area contributed by atoms with Crippen molar-refractivity contribution in [2.24, 2.45) is 0 Å². The summed E-state index contributed by atoms with van der Waals surface area (Å²) < 4.78 is 19.4. The highest BCUT2D eigenvalue weighted by molar-refractivity contribution is 7.19. The van der Waals surface area contributed by atoms with Crippen molar-refractivity contribution in [3.63, 3.8) is 0 Å². The lowest BCUT2D eigenvalue weighted by atomic mass is 9.85. The summed E-state index contributed by atoms with van der Waals surface area (Å²) in [6.45, 7) is 2.04. The van der Waals surface area contributed by atoms with Gasteiger partial charge in [-0.2, -0.15) is 0 Å². The van der Waals surface area contributed by atoms with Crippen molar-refractivity contribution in [2.45, 2.75) is 19.3 Å². The van der Waals surface area contributed by atoms with Gasteiger partial charge in [-0.25, -0.2) is 19.2 Å². The zero-order valence-electron chi connectivity index (χ0n) is 17.2. The molecule has 9 heteroatoms. The number of carboxylic acids is 1. The van der Waals surface area contributed by atoms with E-state index in [2.05, 4.69) is 15.3 Å². The van der Waals surface area contributed by atoms with Crippen LogP contribution in [0.1, 0.15) is 34.5 Å². The summed E-state index contributed by atoms with van der Waals surface area (Å²) in [5, 5.41) is 15.3. The van der Waals surface area contributed by atoms with E-state index in [1.807, 2.05) is 24.4 Å². The fourth-order valence-corrected chi connectivity index (χ4v) is 5.63. The van der Waals surface area contributed by atoms with Crippen molar-refractivity contribution in [1.82, 2.24) is 9.97 Å². The molecule has 3 aromatic heterocycles. The molecule has 5 rings (SSSR count). The van der Waals surface area contributed by atoms with E-state index in [1.165, 1.54) is 35.8 Å². The molecule has 1 unspecified atom stereocenters. The average molecular weight is 468 g/mol. The molecule has 1 atom stereocenters. The molecule has 32 heavy (non-hydrogen) atoms. The number of anilines is 2. The van der Waals surface area contributed by atoms with E-state index >= 15 is 0 Å². The second-order valence-electron chi connectivity index (χ2n) is 7.50. The Morgan fingerprint density at radius 1 is 1.34 bits per heavy atom. The molecule has 4 aromatic rings. The Morgan fingerprint density at radius 2 is 2.19 bits per heavy atom. The molecule has 0 bridgehead atoms. The van der Waals surface area contributed by atoms with Gasteiger partial charge < -0.3 is 15.2 Å². The van der Waals surface area contributed by atoms with E-state index in [4.69, 9.17) is 4.74 Å². The number of benzene rings is 1. The van der Waals surface area contributed by atoms with E-state index in [-0.39, 0.29) is 28.9 Å². The van der Waals surface area contributed by atoms with Crippen LogP contribution < -0.4 is 10.1 Å². The van der Waals surface area contributed by atoms with Crippen molar-refractivity contribution in [1.29, 1.82) is 0 Å². The van der Waals surface area contributed by atoms with Crippen LogP contribution in [0.4, 0.5) is 15.3 Å². The van der Waals surface area contributed by atoms with Crippen molar-refractivity contribution in [3.8, 4) is 26.6 Å². The number of aromatic carboxylic acids is 1. The minimum absolute atomic E-state index is 0.0709. The number of thiazole rings is 1. The van der Waals surface area contributed by atoms with E-state index in [9.17, 15) is 14.3 Å². The third kappa shape index (κ3) is 3.53. The van der Waals surface area contributed by atoms with Gasteiger partial charge in [-0.15, -0.1) is 11.3 Å². The number of nitrogens with one attached hydrogen (secondary N) is 1. The van der Waals surface area contributed by atoms with Gasteiger partial charge >= 0.3 is 5.97 Å². The number of halogens is 1. The van der Waals surface area contributed by atoms with Crippen molar-refractivity contribution in [2.75, 3.05) is 12.4 Å². The number of aromatic nitrogens is 2. The maximum absolute atomic E-state index is 14.3. The van der Waals surface area contributed by atoms with Crippen LogP contribution in [0.3, 0.4) is 0 Å². The molecule has 0 saturated carbocycles. The third-order valence-corrected chi connectivity index (χ3v) is 7.41. The number of fused-ring (bicyclic) bond motifs is 3. The lowest BCUT2D eigenvalue weighted by Crippen LogP contribution is -2.09. The molecule has 2 N–H and O–H groups in total. The fourth-order valence-electron chi connectivity index (χ4n) is 3.89. The number of carbonyl (C=O) groups is 1. The highest BCUT2D eigenvalue weighted by Crippen LogP contribution is 2.46. The summed E-state index contributed by atoms with van der Waals surface area (Å²) in [5.74, 6) is -0.936. The Kier molecular flexibility index (Phi) is 5.15. The molecule has 6 nitrogen and oxygen atoms in total. The highest BCUT2D eigenvalue weighted by Gasteiger charge is 2.28. The number of hydrogen-bond donors (Lipinski definition) is 2. The summed E-state index contributed by atoms with van der Waals surface area (Å²) in [4.78, 5) is 22.8. The van der Waals surface area contributed by atoms with Crippen LogP contribution in [-0.4, -0.2) is 28.2 Å². The molecule has 162 valence electrons. The van der Waals surface area contributed by atoms with Gasteiger partial charge in [0.15, 0.2) is 16.7 Å². The van der Waals surface area contributed by atoms with E-state index < -0.39 is 5.97 Å². The van der Waals surface area contributed by atoms with Gasteiger partial charge in [0.05, 0.1) is 17.7 Å². The predicted octanol–water partition coefficient (Wildman–Crippen LogP) is 6.18. The molecule has 0 aliphatic heterocycles. The van der Waals surface area contributed by atoms with Crippen molar-refractivity contribution in [3.05, 3.63) is 64.5 Å². The first-order valence-electron chi connectivity index (χ1n) is 9.86. The van der Waals surface area contributed by atoms with Gasteiger partial charge in [-0.1, -0.05) is 24.3 Å². The lowest BCUT2D eigenvalue weighted by molar-refractivity contribution is 0.0697. The summed E-state index contributed by atoms with van der Waals surface area (Å²) in [7, 11) is 1.44. The fraction of sp³-hybridized carbons (Fsp3) is 0.174. The van der Waals surface area contributed by atoms with Crippen molar-refractivity contribution >= 4 is 39.6 Å². The standard InChI is InChI=1S/C23H18FN3O3S2/c1-11-6-17-20(14-9-18(30-2)16(24)8-13(11)14)32-23(26-17)27-21-15(22(28)29)7-12(10-25-21)19-4-3-5-31-19/h3-5,7-11H,6H2,1-2H3,(H,28,29)(H,25,26,27). The van der Waals surface area contributed by atoms with Gasteiger partial charge in [0.1, 0.15) is 11.4 Å². The summed E-state index contributed by atoms with van der Waals surface area (Å²) in [6, 6.07) is 8.68. The van der Waals surface area contributed by atoms with Gasteiger partial charge in [-0.3, -0.25) is 0 Å². The van der Waals surface area contributed by atoms with E-state index in [0.29, 0.717) is 11.6 Å². The molecular weight excluding hydrogens is 449 g/mol. The van der Waals surface area contributed by atoms with Gasteiger partial charge in [0.25, 0.3) is 0 Å². The van der Waals surface area contributed by atoms with Crippen LogP contribution in [0.15, 0.2) is 41.9 Å². The molecule has 1 aliphatic carbocycles. The molecule has 1 aromatic carbocycles. The van der Waals surface area contributed by atoms with Crippen LogP contribution in [-0.2, 0) is 6.42 Å². The molecule has 1 aliphatic rings. The monoisotopic (exact) mass is 467 g/mol. The molecule has 0 fully saturated rings. The number of carboxylic acid groups (broad SMARTS) is 1. The first-order valence-corrected chi connectivity index (χ1v) is 11.6. The van der Waals surface area contributed by atoms with Crippen LogP contribution in [0, 0.1) is 5.82 Å². The molecule has 0 amide bonds. The Labute approximate surface area is 191 Å². The number of thiophene rings is 1. The second-order valence-corrected chi connectivity index (χ2v) is 9.45. The number of ether oxygens (including phenoxy) is 1. The number of hydrogen-bond acceptors (Lipinski definition) is 7. The number of nitrogens with zero attached hydrogens (tertiary/aromatic N) is 2. The summed E-state index contributed by atoms with van der Waals surface area (Å²) >= 11 is 2.91. The zero-order valence-corrected chi connectivity index (χ0v) is 18.8. The first kappa shape index (κ1) is 20.6. The molecular formula is C23H18FN3O3S2. The number of rotatable bonds is 5. The topological polar surface area (TPSA) is 84.3 Å². The second kappa shape index (κ2) is 7.99. The minimum atomic E-state index is -1.07. The summed E-state index contributed by atoms with van der Waals surface area (Å²) in [6.07, 6.45) is 2.32. The lowest BCUT2D eigenvalue weighted by Gasteiger charge is -2.22. The Balaban J connectivity index is 1.53. The molecule has 0 spiro atoms. The van der Waals surface area contributed by atoms with Crippen LogP contribution >= 0.6 is 22.7 Å². The molecule has 3 heterocycles. The average Bonchev–Trinajstić information content (AvgIpc) is 3.44. The first-order chi connectivity index (χ1) is 15.4. The molecule has 0 saturated heterocycles.